The Labute approximate surface area is 218 Å². The molecule has 13 heteroatoms. The topological polar surface area (TPSA) is 137 Å². The normalized spacial score (nSPS) is 20.2. The number of hydrogen-bond acceptors (Lipinski definition) is 7. The number of carbonyl (C=O) groups excluding carboxylic acids is 2. The Morgan fingerprint density at radius 3 is 2.53 bits per heavy atom. The molecule has 2 aromatic heterocycles. The van der Waals surface area contributed by atoms with Gasteiger partial charge in [0.25, 0.3) is 21.8 Å². The molecule has 10 nitrogen and oxygen atoms in total. The Balaban J connectivity index is 1.66. The van der Waals surface area contributed by atoms with Gasteiger partial charge in [-0.05, 0) is 42.3 Å². The molecule has 2 aliphatic rings. The van der Waals surface area contributed by atoms with E-state index in [1.54, 1.807) is 11.4 Å². The molecule has 2 N–H and O–H groups in total. The number of nitrogens with one attached hydrogen (secondary N) is 1. The van der Waals surface area contributed by atoms with Gasteiger partial charge in [0.15, 0.2) is 6.17 Å². The van der Waals surface area contributed by atoms with Crippen LogP contribution in [0.4, 0.5) is 0 Å². The van der Waals surface area contributed by atoms with E-state index in [9.17, 15) is 27.9 Å². The van der Waals surface area contributed by atoms with Gasteiger partial charge in [0.1, 0.15) is 9.36 Å². The number of sulfonamides is 1. The smallest absolute Gasteiger partial charge is 0.305 e. The zero-order chi connectivity index (χ0) is 25.9. The van der Waals surface area contributed by atoms with E-state index in [4.69, 9.17) is 11.6 Å². The van der Waals surface area contributed by atoms with E-state index in [1.807, 2.05) is 0 Å². The number of pyridine rings is 1. The van der Waals surface area contributed by atoms with Gasteiger partial charge in [-0.15, -0.1) is 11.3 Å². The number of aromatic nitrogens is 1. The highest BCUT2D eigenvalue weighted by atomic mass is 35.5. The number of carboxylic acid groups (broad SMARTS) is 1. The largest absolute Gasteiger partial charge is 0.481 e. The first-order valence-electron chi connectivity index (χ1n) is 11.7. The molecule has 2 fully saturated rings. The molecule has 1 aliphatic carbocycles. The third kappa shape index (κ3) is 5.72. The molecule has 0 spiro atoms. The van der Waals surface area contributed by atoms with Crippen molar-refractivity contribution in [1.29, 1.82) is 0 Å². The number of hydrogen-bond donors (Lipinski definition) is 2. The van der Waals surface area contributed by atoms with Gasteiger partial charge in [-0.25, -0.2) is 13.4 Å². The van der Waals surface area contributed by atoms with Crippen molar-refractivity contribution in [3.05, 3.63) is 46.6 Å². The summed E-state index contributed by atoms with van der Waals surface area (Å²) in [5.74, 6) is -2.39. The molecular weight excluding hydrogens is 528 g/mol. The zero-order valence-corrected chi connectivity index (χ0v) is 21.8. The third-order valence-corrected chi connectivity index (χ3v) is 10.0. The number of halogens is 1. The van der Waals surface area contributed by atoms with Crippen molar-refractivity contribution in [2.24, 2.45) is 5.92 Å². The predicted octanol–water partition coefficient (Wildman–Crippen LogP) is 2.81. The van der Waals surface area contributed by atoms with E-state index >= 15 is 0 Å². The quantitative estimate of drug-likeness (QED) is 0.479. The molecule has 2 amide bonds. The molecule has 36 heavy (non-hydrogen) atoms. The third-order valence-electron chi connectivity index (χ3n) is 6.60. The van der Waals surface area contributed by atoms with Gasteiger partial charge in [-0.1, -0.05) is 36.9 Å². The van der Waals surface area contributed by atoms with Gasteiger partial charge >= 0.3 is 5.97 Å². The summed E-state index contributed by atoms with van der Waals surface area (Å²) in [6.45, 7) is -0.102. The van der Waals surface area contributed by atoms with Gasteiger partial charge in [-0.2, -0.15) is 4.31 Å². The fraction of sp³-hybridized carbons (Fsp3) is 0.478. The van der Waals surface area contributed by atoms with Crippen LogP contribution in [0.15, 0.2) is 40.1 Å². The van der Waals surface area contributed by atoms with Gasteiger partial charge < -0.3 is 15.3 Å². The highest BCUT2D eigenvalue weighted by molar-refractivity contribution is 7.91. The van der Waals surface area contributed by atoms with E-state index < -0.39 is 40.0 Å². The molecule has 0 aromatic carbocycles. The molecular formula is C23H27ClN4O6S2. The van der Waals surface area contributed by atoms with Crippen LogP contribution in [-0.4, -0.2) is 70.8 Å². The first kappa shape index (κ1) is 26.5. The van der Waals surface area contributed by atoms with Crippen molar-refractivity contribution in [2.75, 3.05) is 13.1 Å². The minimum Gasteiger partial charge on any atom is -0.481 e. The van der Waals surface area contributed by atoms with Crippen molar-refractivity contribution in [2.45, 2.75) is 54.9 Å². The number of carbonyl (C=O) groups is 3. The van der Waals surface area contributed by atoms with E-state index in [-0.39, 0.29) is 40.4 Å². The molecule has 2 aromatic rings. The molecule has 2 unspecified atom stereocenters. The van der Waals surface area contributed by atoms with E-state index in [1.165, 1.54) is 29.3 Å². The SMILES string of the molecule is O=C(O)CC(NC(=O)C1N(C(=O)c2ccc(Cl)nc2)CCN1S(=O)(=O)c1cccs1)C1CCCCC1. The van der Waals surface area contributed by atoms with Crippen LogP contribution in [0.25, 0.3) is 0 Å². The Morgan fingerprint density at radius 1 is 1.17 bits per heavy atom. The fourth-order valence-corrected chi connectivity index (χ4v) is 7.63. The summed E-state index contributed by atoms with van der Waals surface area (Å²) in [6, 6.07) is 5.26. The molecule has 0 radical (unpaired) electrons. The summed E-state index contributed by atoms with van der Waals surface area (Å²) >= 11 is 6.85. The van der Waals surface area contributed by atoms with Crippen LogP contribution in [0.3, 0.4) is 0 Å². The maximum absolute atomic E-state index is 13.7. The summed E-state index contributed by atoms with van der Waals surface area (Å²) in [4.78, 5) is 43.7. The Hall–Kier alpha value is -2.54. The maximum Gasteiger partial charge on any atom is 0.305 e. The standard InChI is InChI=1S/C23H27ClN4O6S2/c24-18-9-8-16(14-25-18)23(32)27-10-11-28(36(33,34)20-7-4-12-35-20)22(27)21(31)26-17(13-19(29)30)15-5-2-1-3-6-15/h4,7-9,12,14-15,17,22H,1-3,5-6,10-11,13H2,(H,26,31)(H,29,30). The van der Waals surface area contributed by atoms with E-state index in [2.05, 4.69) is 10.3 Å². The van der Waals surface area contributed by atoms with Crippen LogP contribution in [-0.2, 0) is 19.6 Å². The number of amides is 2. The average Bonchev–Trinajstić information content (AvgIpc) is 3.55. The fourth-order valence-electron chi connectivity index (χ4n) is 4.85. The van der Waals surface area contributed by atoms with E-state index in [0.717, 1.165) is 47.7 Å². The number of nitrogens with zero attached hydrogens (tertiary/aromatic N) is 3. The number of aliphatic carboxylic acids is 1. The second-order valence-corrected chi connectivity index (χ2v) is 12.4. The predicted molar refractivity (Wildman–Crippen MR) is 133 cm³/mol. The maximum atomic E-state index is 13.7. The molecule has 2 atom stereocenters. The average molecular weight is 555 g/mol. The van der Waals surface area contributed by atoms with Gasteiger partial charge in [0.05, 0.1) is 12.0 Å². The van der Waals surface area contributed by atoms with Gasteiger partial charge in [0.2, 0.25) is 0 Å². The Morgan fingerprint density at radius 2 is 1.92 bits per heavy atom. The molecule has 4 rings (SSSR count). The number of rotatable bonds is 8. The highest BCUT2D eigenvalue weighted by Crippen LogP contribution is 2.31. The molecule has 194 valence electrons. The lowest BCUT2D eigenvalue weighted by Crippen LogP contribution is -2.56. The summed E-state index contributed by atoms with van der Waals surface area (Å²) in [5, 5.41) is 14.1. The second-order valence-electron chi connectivity index (χ2n) is 8.90. The first-order chi connectivity index (χ1) is 17.2. The summed E-state index contributed by atoms with van der Waals surface area (Å²) in [5.41, 5.74) is 0.155. The van der Waals surface area contributed by atoms with Gasteiger partial charge in [-0.3, -0.25) is 14.4 Å². The van der Waals surface area contributed by atoms with Crippen LogP contribution < -0.4 is 5.32 Å². The molecule has 1 saturated heterocycles. The monoisotopic (exact) mass is 554 g/mol. The molecule has 3 heterocycles. The zero-order valence-electron chi connectivity index (χ0n) is 19.4. The van der Waals surface area contributed by atoms with Crippen molar-refractivity contribution in [3.63, 3.8) is 0 Å². The summed E-state index contributed by atoms with van der Waals surface area (Å²) in [6.07, 6.45) is 4.00. The lowest BCUT2D eigenvalue weighted by atomic mass is 9.82. The molecule has 0 bridgehead atoms. The summed E-state index contributed by atoms with van der Waals surface area (Å²) in [7, 11) is -4.08. The van der Waals surface area contributed by atoms with Gasteiger partial charge in [0, 0.05) is 25.3 Å². The minimum absolute atomic E-state index is 0.0167. The highest BCUT2D eigenvalue weighted by Gasteiger charge is 2.47. The van der Waals surface area contributed by atoms with Crippen molar-refractivity contribution in [3.8, 4) is 0 Å². The van der Waals surface area contributed by atoms with Crippen LogP contribution in [0.2, 0.25) is 5.15 Å². The number of thiophene rings is 1. The molecule has 1 aliphatic heterocycles. The van der Waals surface area contributed by atoms with Crippen LogP contribution in [0, 0.1) is 5.92 Å². The van der Waals surface area contributed by atoms with Crippen molar-refractivity contribution < 1.29 is 27.9 Å². The van der Waals surface area contributed by atoms with Crippen molar-refractivity contribution in [1.82, 2.24) is 19.5 Å². The van der Waals surface area contributed by atoms with Crippen LogP contribution in [0.5, 0.6) is 0 Å². The first-order valence-corrected chi connectivity index (χ1v) is 14.4. The molecule has 1 saturated carbocycles. The van der Waals surface area contributed by atoms with Crippen LogP contribution >= 0.6 is 22.9 Å². The minimum atomic E-state index is -4.08. The van der Waals surface area contributed by atoms with Crippen molar-refractivity contribution >= 4 is 50.7 Å². The second kappa shape index (κ2) is 11.2. The lowest BCUT2D eigenvalue weighted by molar-refractivity contribution is -0.138. The van der Waals surface area contributed by atoms with Crippen LogP contribution in [0.1, 0.15) is 48.9 Å². The van der Waals surface area contributed by atoms with E-state index in [0.29, 0.717) is 0 Å². The Bertz CT molecular complexity index is 1200. The number of carboxylic acids is 1. The Kier molecular flexibility index (Phi) is 8.28. The lowest BCUT2D eigenvalue weighted by Gasteiger charge is -2.33. The summed E-state index contributed by atoms with van der Waals surface area (Å²) < 4.78 is 27.9.